The molecule has 0 radical (unpaired) electrons. The molecule has 23 heavy (non-hydrogen) atoms. The average Bonchev–Trinajstić information content (AvgIpc) is 2.99. The number of ether oxygens (including phenoxy) is 2. The van der Waals surface area contributed by atoms with Gasteiger partial charge in [0.1, 0.15) is 0 Å². The summed E-state index contributed by atoms with van der Waals surface area (Å²) in [7, 11) is -0.403. The molecule has 0 bridgehead atoms. The van der Waals surface area contributed by atoms with E-state index < -0.39 is 7.12 Å². The van der Waals surface area contributed by atoms with Crippen LogP contribution in [0.3, 0.4) is 0 Å². The molecule has 2 rings (SSSR count). The Balaban J connectivity index is 2.03. The van der Waals surface area contributed by atoms with Crippen LogP contribution in [0.2, 0.25) is 0 Å². The third-order valence-electron chi connectivity index (χ3n) is 4.53. The van der Waals surface area contributed by atoms with Gasteiger partial charge in [0.2, 0.25) is 0 Å². The van der Waals surface area contributed by atoms with Crippen LogP contribution in [0, 0.1) is 0 Å². The molecule has 6 nitrogen and oxygen atoms in total. The van der Waals surface area contributed by atoms with Gasteiger partial charge in [-0.3, -0.25) is 4.68 Å². The lowest BCUT2D eigenvalue weighted by atomic mass is 9.84. The molecule has 1 aliphatic rings. The maximum atomic E-state index is 6.11. The van der Waals surface area contributed by atoms with E-state index in [0.717, 1.165) is 12.0 Å². The first-order valence-electron chi connectivity index (χ1n) is 8.41. The monoisotopic (exact) mass is 324 g/mol. The van der Waals surface area contributed by atoms with E-state index in [-0.39, 0.29) is 17.5 Å². The Morgan fingerprint density at radius 2 is 1.70 bits per heavy atom. The highest BCUT2D eigenvalue weighted by Crippen LogP contribution is 2.36. The van der Waals surface area contributed by atoms with Crippen molar-refractivity contribution in [3.05, 3.63) is 12.3 Å². The Morgan fingerprint density at radius 1 is 1.13 bits per heavy atom. The lowest BCUT2D eigenvalue weighted by Crippen LogP contribution is -2.41. The van der Waals surface area contributed by atoms with Gasteiger partial charge in [0.25, 0.3) is 0 Å². The number of hydrogen-bond donors (Lipinski definition) is 0. The Labute approximate surface area is 139 Å². The molecule has 0 N–H and O–H groups in total. The number of hydrogen-bond acceptors (Lipinski definition) is 5. The van der Waals surface area contributed by atoms with E-state index in [4.69, 9.17) is 18.8 Å². The van der Waals surface area contributed by atoms with Gasteiger partial charge in [-0.2, -0.15) is 5.10 Å². The second-order valence-corrected chi connectivity index (χ2v) is 6.70. The van der Waals surface area contributed by atoms with Gasteiger partial charge in [-0.1, -0.05) is 0 Å². The molecule has 0 aliphatic carbocycles. The predicted molar refractivity (Wildman–Crippen MR) is 89.6 cm³/mol. The molecule has 1 saturated heterocycles. The molecule has 0 aromatic carbocycles. The zero-order chi connectivity index (χ0) is 17.1. The molecule has 1 aromatic rings. The SMILES string of the molecule is CCOC(CCn1nccc1B1OC(C)(C)C(C)(C)O1)OCC. The molecule has 0 unspecified atom stereocenters. The van der Waals surface area contributed by atoms with E-state index in [1.54, 1.807) is 6.20 Å². The van der Waals surface area contributed by atoms with Gasteiger partial charge < -0.3 is 18.8 Å². The highest BCUT2D eigenvalue weighted by atomic mass is 16.7. The van der Waals surface area contributed by atoms with Crippen LogP contribution in [0.5, 0.6) is 0 Å². The first-order chi connectivity index (χ1) is 10.8. The summed E-state index contributed by atoms with van der Waals surface area (Å²) in [5.74, 6) is 0. The van der Waals surface area contributed by atoms with Crippen molar-refractivity contribution in [2.45, 2.75) is 72.0 Å². The van der Waals surface area contributed by atoms with Gasteiger partial charge in [-0.25, -0.2) is 0 Å². The molecule has 2 heterocycles. The summed E-state index contributed by atoms with van der Waals surface area (Å²) in [6.07, 6.45) is 2.30. The summed E-state index contributed by atoms with van der Waals surface area (Å²) in [6.45, 7) is 14.1. The van der Waals surface area contributed by atoms with Gasteiger partial charge in [0.15, 0.2) is 6.29 Å². The topological polar surface area (TPSA) is 54.7 Å². The number of aromatic nitrogens is 2. The fourth-order valence-electron chi connectivity index (χ4n) is 2.51. The summed E-state index contributed by atoms with van der Waals surface area (Å²) < 4.78 is 25.3. The lowest BCUT2D eigenvalue weighted by molar-refractivity contribution is -0.141. The minimum Gasteiger partial charge on any atom is -0.398 e. The van der Waals surface area contributed by atoms with Gasteiger partial charge >= 0.3 is 7.12 Å². The van der Waals surface area contributed by atoms with Crippen LogP contribution >= 0.6 is 0 Å². The molecular formula is C16H29BN2O4. The summed E-state index contributed by atoms with van der Waals surface area (Å²) in [5.41, 5.74) is 0.216. The van der Waals surface area contributed by atoms with Crippen LogP contribution in [-0.2, 0) is 25.3 Å². The van der Waals surface area contributed by atoms with E-state index in [0.29, 0.717) is 19.8 Å². The highest BCUT2D eigenvalue weighted by molar-refractivity contribution is 6.61. The van der Waals surface area contributed by atoms with E-state index in [1.807, 2.05) is 52.3 Å². The first-order valence-corrected chi connectivity index (χ1v) is 8.41. The standard InChI is InChI=1S/C16H29BN2O4/c1-7-20-14(21-8-2)10-12-19-13(9-11-18-19)17-22-15(3,4)16(5,6)23-17/h9,11,14H,7-8,10,12H2,1-6H3. The molecule has 1 fully saturated rings. The molecule has 1 aliphatic heterocycles. The van der Waals surface area contributed by atoms with Crippen LogP contribution in [-0.4, -0.2) is 47.6 Å². The van der Waals surface area contributed by atoms with E-state index in [9.17, 15) is 0 Å². The smallest absolute Gasteiger partial charge is 0.398 e. The zero-order valence-corrected chi connectivity index (χ0v) is 15.2. The van der Waals surface area contributed by atoms with Gasteiger partial charge in [0, 0.05) is 32.4 Å². The van der Waals surface area contributed by atoms with Crippen LogP contribution in [0.25, 0.3) is 0 Å². The molecule has 0 spiro atoms. The minimum atomic E-state index is -0.403. The number of aryl methyl sites for hydroxylation is 1. The quantitative estimate of drug-likeness (QED) is 0.541. The third-order valence-corrected chi connectivity index (χ3v) is 4.53. The van der Waals surface area contributed by atoms with E-state index in [2.05, 4.69) is 5.10 Å². The van der Waals surface area contributed by atoms with Crippen LogP contribution in [0.15, 0.2) is 12.3 Å². The summed E-state index contributed by atoms with van der Waals surface area (Å²) in [4.78, 5) is 0. The van der Waals surface area contributed by atoms with Crippen molar-refractivity contribution in [1.29, 1.82) is 0 Å². The number of rotatable bonds is 8. The Kier molecular flexibility index (Phi) is 5.89. The molecule has 0 saturated carbocycles. The van der Waals surface area contributed by atoms with Crippen molar-refractivity contribution in [2.24, 2.45) is 0 Å². The summed E-state index contributed by atoms with van der Waals surface area (Å²) in [5, 5.41) is 4.39. The molecule has 0 atom stereocenters. The van der Waals surface area contributed by atoms with Crippen molar-refractivity contribution >= 4 is 12.7 Å². The average molecular weight is 324 g/mol. The van der Waals surface area contributed by atoms with Crippen molar-refractivity contribution in [1.82, 2.24) is 9.78 Å². The second kappa shape index (κ2) is 7.34. The van der Waals surface area contributed by atoms with Crippen LogP contribution < -0.4 is 5.59 Å². The van der Waals surface area contributed by atoms with Crippen molar-refractivity contribution in [3.8, 4) is 0 Å². The first kappa shape index (κ1) is 18.5. The highest BCUT2D eigenvalue weighted by Gasteiger charge is 2.52. The molecule has 0 amide bonds. The van der Waals surface area contributed by atoms with Crippen LogP contribution in [0.4, 0.5) is 0 Å². The predicted octanol–water partition coefficient (Wildman–Crippen LogP) is 1.97. The fraction of sp³-hybridized carbons (Fsp3) is 0.812. The van der Waals surface area contributed by atoms with Crippen LogP contribution in [0.1, 0.15) is 48.0 Å². The van der Waals surface area contributed by atoms with Crippen molar-refractivity contribution in [3.63, 3.8) is 0 Å². The minimum absolute atomic E-state index is 0.208. The second-order valence-electron chi connectivity index (χ2n) is 6.70. The maximum Gasteiger partial charge on any atom is 0.514 e. The Morgan fingerprint density at radius 3 is 2.22 bits per heavy atom. The maximum absolute atomic E-state index is 6.11. The largest absolute Gasteiger partial charge is 0.514 e. The Hall–Kier alpha value is -0.885. The third kappa shape index (κ3) is 4.15. The zero-order valence-electron chi connectivity index (χ0n) is 15.2. The van der Waals surface area contributed by atoms with E-state index in [1.165, 1.54) is 0 Å². The number of nitrogens with zero attached hydrogens (tertiary/aromatic N) is 2. The molecule has 7 heteroatoms. The van der Waals surface area contributed by atoms with E-state index >= 15 is 0 Å². The summed E-state index contributed by atoms with van der Waals surface area (Å²) >= 11 is 0. The van der Waals surface area contributed by atoms with Gasteiger partial charge in [-0.05, 0) is 47.6 Å². The van der Waals surface area contributed by atoms with Gasteiger partial charge in [-0.15, -0.1) is 0 Å². The fourth-order valence-corrected chi connectivity index (χ4v) is 2.51. The lowest BCUT2D eigenvalue weighted by Gasteiger charge is -2.32. The molecular weight excluding hydrogens is 295 g/mol. The normalized spacial score (nSPS) is 19.7. The van der Waals surface area contributed by atoms with Crippen molar-refractivity contribution < 1.29 is 18.8 Å². The Bertz CT molecular complexity index is 482. The van der Waals surface area contributed by atoms with Crippen molar-refractivity contribution in [2.75, 3.05) is 13.2 Å². The van der Waals surface area contributed by atoms with Gasteiger partial charge in [0.05, 0.1) is 16.8 Å². The molecule has 1 aromatic heterocycles. The molecule has 130 valence electrons. The summed E-state index contributed by atoms with van der Waals surface area (Å²) in [6, 6.07) is 1.94.